The quantitative estimate of drug-likeness (QED) is 0.338. The molecule has 0 radical (unpaired) electrons. The Hall–Kier alpha value is -2.17. The molecule has 3 fully saturated rings. The van der Waals surface area contributed by atoms with E-state index in [-0.39, 0.29) is 29.6 Å². The number of rotatable bonds is 6. The molecule has 1 aromatic carbocycles. The van der Waals surface area contributed by atoms with Gasteiger partial charge < -0.3 is 4.74 Å². The second-order valence-corrected chi connectivity index (χ2v) is 7.82. The van der Waals surface area contributed by atoms with E-state index in [1.807, 2.05) is 0 Å². The van der Waals surface area contributed by atoms with Crippen LogP contribution in [0.15, 0.2) is 24.3 Å². The highest BCUT2D eigenvalue weighted by Gasteiger charge is 2.61. The van der Waals surface area contributed by atoms with Gasteiger partial charge in [0.2, 0.25) is 11.8 Å². The average molecular weight is 355 g/mol. The Morgan fingerprint density at radius 3 is 2.23 bits per heavy atom. The number of amides is 2. The van der Waals surface area contributed by atoms with Gasteiger partial charge in [-0.3, -0.25) is 19.3 Å². The van der Waals surface area contributed by atoms with Crippen LogP contribution in [0.1, 0.15) is 51.9 Å². The minimum absolute atomic E-state index is 0.0449. The number of imide groups is 1. The van der Waals surface area contributed by atoms with Gasteiger partial charge in [-0.15, -0.1) is 0 Å². The van der Waals surface area contributed by atoms with E-state index >= 15 is 0 Å². The predicted octanol–water partition coefficient (Wildman–Crippen LogP) is 3.71. The molecule has 0 spiro atoms. The zero-order chi connectivity index (χ0) is 18.3. The lowest BCUT2D eigenvalue weighted by molar-refractivity contribution is -0.134. The smallest absolute Gasteiger partial charge is 0.311 e. The lowest BCUT2D eigenvalue weighted by atomic mass is 9.81. The highest BCUT2D eigenvalue weighted by molar-refractivity contribution is 6.22. The molecule has 2 amide bonds. The van der Waals surface area contributed by atoms with Gasteiger partial charge in [0, 0.05) is 6.42 Å². The molecule has 3 aliphatic rings. The van der Waals surface area contributed by atoms with Crippen molar-refractivity contribution in [1.29, 1.82) is 0 Å². The lowest BCUT2D eigenvalue weighted by Crippen LogP contribution is -2.32. The molecular weight excluding hydrogens is 330 g/mol. The van der Waals surface area contributed by atoms with E-state index in [1.165, 1.54) is 4.90 Å². The second-order valence-electron chi connectivity index (χ2n) is 7.82. The number of esters is 1. The van der Waals surface area contributed by atoms with E-state index in [4.69, 9.17) is 4.74 Å². The van der Waals surface area contributed by atoms with Crippen molar-refractivity contribution in [3.63, 3.8) is 0 Å². The second kappa shape index (κ2) is 6.86. The summed E-state index contributed by atoms with van der Waals surface area (Å²) < 4.78 is 5.32. The minimum atomic E-state index is -0.245. The summed E-state index contributed by atoms with van der Waals surface area (Å²) in [4.78, 5) is 38.8. The first kappa shape index (κ1) is 17.3. The van der Waals surface area contributed by atoms with Crippen molar-refractivity contribution in [2.45, 2.75) is 51.9 Å². The van der Waals surface area contributed by atoms with Crippen molar-refractivity contribution in [2.24, 2.45) is 23.7 Å². The zero-order valence-electron chi connectivity index (χ0n) is 15.1. The number of nitrogens with zero attached hydrogens (tertiary/aromatic N) is 1. The summed E-state index contributed by atoms with van der Waals surface area (Å²) >= 11 is 0. The van der Waals surface area contributed by atoms with Gasteiger partial charge in [0.05, 0.1) is 17.5 Å². The van der Waals surface area contributed by atoms with Crippen molar-refractivity contribution in [3.05, 3.63) is 24.3 Å². The number of anilines is 1. The Morgan fingerprint density at radius 1 is 1.04 bits per heavy atom. The molecule has 1 saturated heterocycles. The number of carbonyl (C=O) groups is 3. The Morgan fingerprint density at radius 2 is 1.65 bits per heavy atom. The molecule has 26 heavy (non-hydrogen) atoms. The molecule has 4 atom stereocenters. The third kappa shape index (κ3) is 2.83. The molecule has 1 heterocycles. The van der Waals surface area contributed by atoms with Crippen LogP contribution in [0.2, 0.25) is 0 Å². The molecule has 2 aliphatic carbocycles. The summed E-state index contributed by atoms with van der Waals surface area (Å²) in [5, 5.41) is 0. The molecule has 0 unspecified atom stereocenters. The number of carbonyl (C=O) groups excluding carboxylic acids is 3. The molecule has 1 aromatic rings. The third-order valence-electron chi connectivity index (χ3n) is 6.24. The van der Waals surface area contributed by atoms with Gasteiger partial charge in [0.25, 0.3) is 0 Å². The van der Waals surface area contributed by atoms with Gasteiger partial charge in [0.1, 0.15) is 5.75 Å². The van der Waals surface area contributed by atoms with Crippen LogP contribution in [0.4, 0.5) is 5.69 Å². The molecule has 2 saturated carbocycles. The maximum absolute atomic E-state index is 12.8. The van der Waals surface area contributed by atoms with E-state index in [9.17, 15) is 14.4 Å². The Kier molecular flexibility index (Phi) is 4.55. The molecule has 0 N–H and O–H groups in total. The van der Waals surface area contributed by atoms with Crippen LogP contribution in [0.5, 0.6) is 5.75 Å². The summed E-state index contributed by atoms with van der Waals surface area (Å²) in [5.74, 6) is 0.660. The largest absolute Gasteiger partial charge is 0.427 e. The average Bonchev–Trinajstić information content (AvgIpc) is 3.30. The number of benzene rings is 1. The summed E-state index contributed by atoms with van der Waals surface area (Å²) in [7, 11) is 0. The van der Waals surface area contributed by atoms with Crippen molar-refractivity contribution in [3.8, 4) is 5.75 Å². The lowest BCUT2D eigenvalue weighted by Gasteiger charge is -2.19. The van der Waals surface area contributed by atoms with E-state index < -0.39 is 0 Å². The van der Waals surface area contributed by atoms with Crippen LogP contribution in [-0.2, 0) is 14.4 Å². The van der Waals surface area contributed by atoms with Gasteiger partial charge in [-0.1, -0.05) is 19.8 Å². The standard InChI is InChI=1S/C21H25NO4/c1-2-3-4-5-17(23)26-16-10-8-15(9-11-16)22-20(24)18-13-6-7-14(12-13)19(18)21(22)25/h8-11,13-14,18-19H,2-7,12H2,1H3/t13-,14+,18-,19-/m0/s1. The summed E-state index contributed by atoms with van der Waals surface area (Å²) in [6.07, 6.45) is 6.49. The predicted molar refractivity (Wildman–Crippen MR) is 96.5 cm³/mol. The van der Waals surface area contributed by atoms with Crippen LogP contribution >= 0.6 is 0 Å². The van der Waals surface area contributed by atoms with Gasteiger partial charge in [-0.2, -0.15) is 0 Å². The monoisotopic (exact) mass is 355 g/mol. The SMILES string of the molecule is CCCCCC(=O)Oc1ccc(N2C(=O)[C@H]3[C@@H]4CC[C@@H](C4)[C@@H]3C2=O)cc1. The van der Waals surface area contributed by atoms with Crippen molar-refractivity contribution >= 4 is 23.5 Å². The fourth-order valence-corrected chi connectivity index (χ4v) is 5.03. The normalized spacial score (nSPS) is 29.3. The van der Waals surface area contributed by atoms with Crippen LogP contribution in [-0.4, -0.2) is 17.8 Å². The molecule has 4 rings (SSSR count). The topological polar surface area (TPSA) is 63.7 Å². The minimum Gasteiger partial charge on any atom is -0.427 e. The summed E-state index contributed by atoms with van der Waals surface area (Å²) in [6, 6.07) is 6.73. The number of hydrogen-bond donors (Lipinski definition) is 0. The third-order valence-corrected chi connectivity index (χ3v) is 6.24. The maximum atomic E-state index is 12.8. The van der Waals surface area contributed by atoms with E-state index in [0.29, 0.717) is 29.7 Å². The number of ether oxygens (including phenoxy) is 1. The molecule has 138 valence electrons. The van der Waals surface area contributed by atoms with Crippen molar-refractivity contribution in [1.82, 2.24) is 0 Å². The van der Waals surface area contributed by atoms with Crippen molar-refractivity contribution < 1.29 is 19.1 Å². The Balaban J connectivity index is 1.43. The van der Waals surface area contributed by atoms with E-state index in [0.717, 1.165) is 38.5 Å². The van der Waals surface area contributed by atoms with Crippen LogP contribution in [0.25, 0.3) is 0 Å². The van der Waals surface area contributed by atoms with Crippen LogP contribution in [0.3, 0.4) is 0 Å². The first-order chi connectivity index (χ1) is 12.6. The maximum Gasteiger partial charge on any atom is 0.311 e. The van der Waals surface area contributed by atoms with Gasteiger partial charge in [-0.05, 0) is 61.8 Å². The fraction of sp³-hybridized carbons (Fsp3) is 0.571. The summed E-state index contributed by atoms with van der Waals surface area (Å²) in [6.45, 7) is 2.09. The number of unbranched alkanes of at least 4 members (excludes halogenated alkanes) is 2. The van der Waals surface area contributed by atoms with E-state index in [2.05, 4.69) is 6.92 Å². The van der Waals surface area contributed by atoms with Gasteiger partial charge >= 0.3 is 5.97 Å². The van der Waals surface area contributed by atoms with Crippen molar-refractivity contribution in [2.75, 3.05) is 4.90 Å². The molecule has 0 aromatic heterocycles. The summed E-state index contributed by atoms with van der Waals surface area (Å²) in [5.41, 5.74) is 0.583. The molecule has 5 nitrogen and oxygen atoms in total. The Labute approximate surface area is 153 Å². The Bertz CT molecular complexity index is 698. The van der Waals surface area contributed by atoms with Gasteiger partial charge in [0.15, 0.2) is 0 Å². The fourth-order valence-electron chi connectivity index (χ4n) is 5.03. The van der Waals surface area contributed by atoms with Gasteiger partial charge in [-0.25, -0.2) is 0 Å². The highest BCUT2D eigenvalue weighted by atomic mass is 16.5. The number of hydrogen-bond acceptors (Lipinski definition) is 4. The van der Waals surface area contributed by atoms with Crippen LogP contribution in [0, 0.1) is 23.7 Å². The first-order valence-corrected chi connectivity index (χ1v) is 9.78. The highest BCUT2D eigenvalue weighted by Crippen LogP contribution is 2.56. The molecular formula is C21H25NO4. The number of fused-ring (bicyclic) bond motifs is 5. The molecule has 1 aliphatic heterocycles. The van der Waals surface area contributed by atoms with E-state index in [1.54, 1.807) is 24.3 Å². The van der Waals surface area contributed by atoms with Crippen LogP contribution < -0.4 is 9.64 Å². The zero-order valence-corrected chi connectivity index (χ0v) is 15.1. The molecule has 5 heteroatoms. The first-order valence-electron chi connectivity index (χ1n) is 9.78. The molecule has 2 bridgehead atoms.